The van der Waals surface area contributed by atoms with Crippen molar-refractivity contribution >= 4 is 5.78 Å². The molecule has 3 heteroatoms. The van der Waals surface area contributed by atoms with Gasteiger partial charge < -0.3 is 5.32 Å². The molecular formula is C9H18N2O. The highest BCUT2D eigenvalue weighted by Gasteiger charge is 2.16. The fourth-order valence-corrected chi connectivity index (χ4v) is 1.07. The molecule has 0 saturated carbocycles. The van der Waals surface area contributed by atoms with E-state index in [0.717, 1.165) is 13.0 Å². The zero-order valence-electron chi connectivity index (χ0n) is 8.13. The third-order valence-corrected chi connectivity index (χ3v) is 1.82. The van der Waals surface area contributed by atoms with Crippen molar-refractivity contribution in [2.45, 2.75) is 12.5 Å². The Morgan fingerprint density at radius 1 is 1.67 bits per heavy atom. The van der Waals surface area contributed by atoms with Gasteiger partial charge in [-0.2, -0.15) is 0 Å². The molecule has 0 aromatic carbocycles. The highest BCUT2D eigenvalue weighted by Crippen LogP contribution is 2.00. The maximum atomic E-state index is 11.3. The quantitative estimate of drug-likeness (QED) is 0.581. The van der Waals surface area contributed by atoms with E-state index in [1.165, 1.54) is 6.08 Å². The van der Waals surface area contributed by atoms with Crippen molar-refractivity contribution in [3.8, 4) is 0 Å². The Morgan fingerprint density at radius 2 is 2.25 bits per heavy atom. The lowest BCUT2D eigenvalue weighted by molar-refractivity contribution is -0.118. The zero-order valence-corrected chi connectivity index (χ0v) is 8.13. The van der Waals surface area contributed by atoms with Gasteiger partial charge in [0.1, 0.15) is 0 Å². The Hall–Kier alpha value is -0.670. The number of nitrogens with one attached hydrogen (secondary N) is 1. The minimum atomic E-state index is -0.0325. The maximum absolute atomic E-state index is 11.3. The van der Waals surface area contributed by atoms with Gasteiger partial charge in [-0.1, -0.05) is 6.58 Å². The number of hydrogen-bond donors (Lipinski definition) is 1. The molecule has 3 nitrogen and oxygen atoms in total. The second kappa shape index (κ2) is 5.91. The van der Waals surface area contributed by atoms with Crippen LogP contribution in [0.1, 0.15) is 6.42 Å². The summed E-state index contributed by atoms with van der Waals surface area (Å²) in [6.45, 7) is 4.32. The number of rotatable bonds is 6. The van der Waals surface area contributed by atoms with E-state index in [1.807, 2.05) is 26.0 Å². The van der Waals surface area contributed by atoms with Crippen LogP contribution in [0.25, 0.3) is 0 Å². The molecule has 1 unspecified atom stereocenters. The number of hydrogen-bond acceptors (Lipinski definition) is 3. The van der Waals surface area contributed by atoms with Crippen molar-refractivity contribution in [3.05, 3.63) is 12.7 Å². The fraction of sp³-hybridized carbons (Fsp3) is 0.667. The van der Waals surface area contributed by atoms with E-state index >= 15 is 0 Å². The molecule has 0 heterocycles. The van der Waals surface area contributed by atoms with E-state index in [-0.39, 0.29) is 11.8 Å². The van der Waals surface area contributed by atoms with E-state index in [2.05, 4.69) is 11.9 Å². The van der Waals surface area contributed by atoms with Crippen LogP contribution in [0, 0.1) is 0 Å². The SMILES string of the molecule is C=CC(=O)C(CCNC)N(C)C. The van der Waals surface area contributed by atoms with Gasteiger partial charge in [-0.25, -0.2) is 0 Å². The van der Waals surface area contributed by atoms with E-state index in [0.29, 0.717) is 0 Å². The van der Waals surface area contributed by atoms with Crippen molar-refractivity contribution in [2.75, 3.05) is 27.7 Å². The van der Waals surface area contributed by atoms with Gasteiger partial charge in [0.25, 0.3) is 0 Å². The van der Waals surface area contributed by atoms with Crippen molar-refractivity contribution in [3.63, 3.8) is 0 Å². The molecule has 0 bridgehead atoms. The molecule has 0 aliphatic carbocycles. The van der Waals surface area contributed by atoms with Crippen LogP contribution in [0.3, 0.4) is 0 Å². The fourth-order valence-electron chi connectivity index (χ4n) is 1.07. The van der Waals surface area contributed by atoms with Crippen molar-refractivity contribution in [1.82, 2.24) is 10.2 Å². The predicted octanol–water partition coefficient (Wildman–Crippen LogP) is 0.281. The smallest absolute Gasteiger partial charge is 0.172 e. The zero-order chi connectivity index (χ0) is 9.56. The second-order valence-corrected chi connectivity index (χ2v) is 2.98. The minimum Gasteiger partial charge on any atom is -0.320 e. The van der Waals surface area contributed by atoms with Crippen LogP contribution in [0.5, 0.6) is 0 Å². The molecule has 0 aliphatic heterocycles. The van der Waals surface area contributed by atoms with Crippen LogP contribution in [0.4, 0.5) is 0 Å². The lowest BCUT2D eigenvalue weighted by Crippen LogP contribution is -2.36. The second-order valence-electron chi connectivity index (χ2n) is 2.98. The van der Waals surface area contributed by atoms with Crippen molar-refractivity contribution < 1.29 is 4.79 Å². The van der Waals surface area contributed by atoms with Gasteiger partial charge in [0, 0.05) is 0 Å². The molecule has 1 N–H and O–H groups in total. The molecule has 0 fully saturated rings. The monoisotopic (exact) mass is 170 g/mol. The molecule has 0 aromatic heterocycles. The number of carbonyl (C=O) groups excluding carboxylic acids is 1. The normalized spacial score (nSPS) is 13.0. The van der Waals surface area contributed by atoms with Crippen LogP contribution in [0.15, 0.2) is 12.7 Å². The van der Waals surface area contributed by atoms with Gasteiger partial charge >= 0.3 is 0 Å². The average molecular weight is 170 g/mol. The van der Waals surface area contributed by atoms with Crippen molar-refractivity contribution in [2.24, 2.45) is 0 Å². The van der Waals surface area contributed by atoms with Crippen LogP contribution >= 0.6 is 0 Å². The summed E-state index contributed by atoms with van der Waals surface area (Å²) in [5.41, 5.74) is 0. The third-order valence-electron chi connectivity index (χ3n) is 1.82. The molecule has 1 atom stereocenters. The predicted molar refractivity (Wildman–Crippen MR) is 51.2 cm³/mol. The van der Waals surface area contributed by atoms with Crippen molar-refractivity contribution in [1.29, 1.82) is 0 Å². The Kier molecular flexibility index (Phi) is 5.58. The Bertz CT molecular complexity index is 155. The van der Waals surface area contributed by atoms with Gasteiger partial charge in [0.15, 0.2) is 5.78 Å². The standard InChI is InChI=1S/C9H18N2O/c1-5-9(12)8(11(3)4)6-7-10-2/h5,8,10H,1,6-7H2,2-4H3. The first-order valence-corrected chi connectivity index (χ1v) is 4.10. The van der Waals surface area contributed by atoms with E-state index in [4.69, 9.17) is 0 Å². The highest BCUT2D eigenvalue weighted by molar-refractivity contribution is 5.93. The van der Waals surface area contributed by atoms with Gasteiger partial charge in [0.05, 0.1) is 6.04 Å². The summed E-state index contributed by atoms with van der Waals surface area (Å²) < 4.78 is 0. The van der Waals surface area contributed by atoms with Crippen LogP contribution < -0.4 is 5.32 Å². The van der Waals surface area contributed by atoms with Crippen LogP contribution in [-0.4, -0.2) is 44.4 Å². The molecule has 0 aliphatic rings. The Morgan fingerprint density at radius 3 is 2.58 bits per heavy atom. The summed E-state index contributed by atoms with van der Waals surface area (Å²) in [4.78, 5) is 13.2. The summed E-state index contributed by atoms with van der Waals surface area (Å²) in [5, 5.41) is 3.02. The topological polar surface area (TPSA) is 32.3 Å². The first-order chi connectivity index (χ1) is 5.63. The maximum Gasteiger partial charge on any atom is 0.172 e. The molecule has 12 heavy (non-hydrogen) atoms. The van der Waals surface area contributed by atoms with Gasteiger partial charge in [-0.05, 0) is 40.2 Å². The molecule has 0 saturated heterocycles. The number of carbonyl (C=O) groups is 1. The van der Waals surface area contributed by atoms with E-state index in [9.17, 15) is 4.79 Å². The molecular weight excluding hydrogens is 152 g/mol. The average Bonchev–Trinajstić information content (AvgIpc) is 2.04. The lowest BCUT2D eigenvalue weighted by Gasteiger charge is -2.21. The summed E-state index contributed by atoms with van der Waals surface area (Å²) in [6.07, 6.45) is 2.22. The molecule has 0 aromatic rings. The summed E-state index contributed by atoms with van der Waals surface area (Å²) >= 11 is 0. The van der Waals surface area contributed by atoms with E-state index < -0.39 is 0 Å². The molecule has 0 rings (SSSR count). The third kappa shape index (κ3) is 3.64. The summed E-state index contributed by atoms with van der Waals surface area (Å²) in [7, 11) is 5.69. The highest BCUT2D eigenvalue weighted by atomic mass is 16.1. The number of likely N-dealkylation sites (N-methyl/N-ethyl adjacent to an activating group) is 1. The number of nitrogens with zero attached hydrogens (tertiary/aromatic N) is 1. The summed E-state index contributed by atoms with van der Waals surface area (Å²) in [5.74, 6) is 0.0928. The molecule has 0 spiro atoms. The molecule has 0 radical (unpaired) electrons. The van der Waals surface area contributed by atoms with Gasteiger partial charge in [-0.15, -0.1) is 0 Å². The molecule has 0 amide bonds. The lowest BCUT2D eigenvalue weighted by atomic mass is 10.1. The van der Waals surface area contributed by atoms with Gasteiger partial charge in [-0.3, -0.25) is 9.69 Å². The number of ketones is 1. The van der Waals surface area contributed by atoms with Crippen LogP contribution in [0.2, 0.25) is 0 Å². The Balaban J connectivity index is 4.03. The first-order valence-electron chi connectivity index (χ1n) is 4.10. The minimum absolute atomic E-state index is 0.0325. The Labute approximate surface area is 74.4 Å². The van der Waals surface area contributed by atoms with Gasteiger partial charge in [0.2, 0.25) is 0 Å². The summed E-state index contributed by atoms with van der Waals surface area (Å²) in [6, 6.07) is -0.0325. The largest absolute Gasteiger partial charge is 0.320 e. The molecule has 70 valence electrons. The first kappa shape index (κ1) is 11.3. The van der Waals surface area contributed by atoms with E-state index in [1.54, 1.807) is 0 Å². The van der Waals surface area contributed by atoms with Crippen LogP contribution in [-0.2, 0) is 4.79 Å².